The number of nitrogens with two attached hydrogens (primary N) is 1. The predicted molar refractivity (Wildman–Crippen MR) is 93.7 cm³/mol. The van der Waals surface area contributed by atoms with E-state index in [9.17, 15) is 13.7 Å². The number of hydrogen-bond acceptors (Lipinski definition) is 6. The van der Waals surface area contributed by atoms with Gasteiger partial charge in [-0.1, -0.05) is 6.07 Å². The standard InChI is InChI=1S/C17H14N4O2S/c1-24(22,23)14-4-2-3-13(8-14)21-17-11(9-18)10-20-16-6-5-12(19)7-15(16)17/h2-8,10H,19H2,1H3,(H,20,21). The second kappa shape index (κ2) is 5.83. The van der Waals surface area contributed by atoms with Gasteiger partial charge in [0.2, 0.25) is 0 Å². The molecular formula is C17H14N4O2S. The summed E-state index contributed by atoms with van der Waals surface area (Å²) in [7, 11) is -3.32. The lowest BCUT2D eigenvalue weighted by Crippen LogP contribution is -2.00. The largest absolute Gasteiger partial charge is 0.399 e. The minimum atomic E-state index is -3.32. The van der Waals surface area contributed by atoms with Crippen molar-refractivity contribution in [2.45, 2.75) is 4.90 Å². The first-order valence-corrected chi connectivity index (χ1v) is 8.93. The van der Waals surface area contributed by atoms with Crippen molar-refractivity contribution >= 4 is 37.8 Å². The SMILES string of the molecule is CS(=O)(=O)c1cccc(Nc2c(C#N)cnc3ccc(N)cc23)c1. The van der Waals surface area contributed by atoms with Crippen molar-refractivity contribution < 1.29 is 8.42 Å². The normalized spacial score (nSPS) is 11.2. The minimum Gasteiger partial charge on any atom is -0.399 e. The quantitative estimate of drug-likeness (QED) is 0.711. The molecule has 0 unspecified atom stereocenters. The Hall–Kier alpha value is -3.11. The molecule has 3 N–H and O–H groups in total. The molecule has 1 heterocycles. The lowest BCUT2D eigenvalue weighted by molar-refractivity contribution is 0.602. The molecule has 7 heteroatoms. The predicted octanol–water partition coefficient (Wildman–Crippen LogP) is 2.84. The van der Waals surface area contributed by atoms with Crippen LogP contribution in [0.5, 0.6) is 0 Å². The number of fused-ring (bicyclic) bond motifs is 1. The van der Waals surface area contributed by atoms with Gasteiger partial charge in [-0.25, -0.2) is 8.42 Å². The number of nitrogen functional groups attached to an aromatic ring is 1. The van der Waals surface area contributed by atoms with Gasteiger partial charge in [0.05, 0.1) is 21.7 Å². The lowest BCUT2D eigenvalue weighted by atomic mass is 10.1. The highest BCUT2D eigenvalue weighted by molar-refractivity contribution is 7.90. The molecule has 2 aromatic carbocycles. The summed E-state index contributed by atoms with van der Waals surface area (Å²) in [4.78, 5) is 4.44. The number of anilines is 3. The summed E-state index contributed by atoms with van der Waals surface area (Å²) in [6.07, 6.45) is 2.62. The number of benzene rings is 2. The van der Waals surface area contributed by atoms with E-state index < -0.39 is 9.84 Å². The first-order valence-electron chi connectivity index (χ1n) is 7.04. The summed E-state index contributed by atoms with van der Waals surface area (Å²) in [5, 5.41) is 13.2. The maximum Gasteiger partial charge on any atom is 0.175 e. The smallest absolute Gasteiger partial charge is 0.175 e. The van der Waals surface area contributed by atoms with Gasteiger partial charge in [-0.2, -0.15) is 5.26 Å². The molecule has 0 bridgehead atoms. The molecule has 24 heavy (non-hydrogen) atoms. The van der Waals surface area contributed by atoms with Crippen LogP contribution in [0.15, 0.2) is 53.6 Å². The highest BCUT2D eigenvalue weighted by Crippen LogP contribution is 2.30. The monoisotopic (exact) mass is 338 g/mol. The topological polar surface area (TPSA) is 109 Å². The van der Waals surface area contributed by atoms with E-state index in [1.807, 2.05) is 0 Å². The molecule has 0 aliphatic carbocycles. The molecule has 6 nitrogen and oxygen atoms in total. The maximum absolute atomic E-state index is 11.7. The number of nitrogens with zero attached hydrogens (tertiary/aromatic N) is 2. The van der Waals surface area contributed by atoms with Crippen LogP contribution in [-0.4, -0.2) is 19.7 Å². The Bertz CT molecular complexity index is 1090. The van der Waals surface area contributed by atoms with Crippen molar-refractivity contribution in [1.82, 2.24) is 4.98 Å². The Balaban J connectivity index is 2.17. The Labute approximate surface area is 139 Å². The summed E-state index contributed by atoms with van der Waals surface area (Å²) in [6, 6.07) is 13.7. The van der Waals surface area contributed by atoms with Gasteiger partial charge in [0.15, 0.2) is 9.84 Å². The van der Waals surface area contributed by atoms with E-state index in [1.165, 1.54) is 18.3 Å². The lowest BCUT2D eigenvalue weighted by Gasteiger charge is -2.12. The molecule has 3 aromatic rings. The van der Waals surface area contributed by atoms with Crippen LogP contribution in [0.2, 0.25) is 0 Å². The zero-order valence-corrected chi connectivity index (χ0v) is 13.6. The van der Waals surface area contributed by atoms with E-state index in [4.69, 9.17) is 5.73 Å². The van der Waals surface area contributed by atoms with E-state index in [-0.39, 0.29) is 4.90 Å². The van der Waals surface area contributed by atoms with Crippen molar-refractivity contribution in [3.05, 3.63) is 54.2 Å². The number of hydrogen-bond donors (Lipinski definition) is 2. The van der Waals surface area contributed by atoms with Crippen LogP contribution in [0.3, 0.4) is 0 Å². The molecule has 0 aliphatic heterocycles. The molecule has 0 saturated heterocycles. The molecule has 0 fully saturated rings. The summed E-state index contributed by atoms with van der Waals surface area (Å²) in [5.41, 5.74) is 8.52. The van der Waals surface area contributed by atoms with Crippen LogP contribution in [0.4, 0.5) is 17.1 Å². The third-order valence-electron chi connectivity index (χ3n) is 3.54. The highest BCUT2D eigenvalue weighted by Gasteiger charge is 2.12. The van der Waals surface area contributed by atoms with E-state index in [0.717, 1.165) is 6.26 Å². The second-order valence-corrected chi connectivity index (χ2v) is 7.38. The summed E-state index contributed by atoms with van der Waals surface area (Å²) in [6.45, 7) is 0. The summed E-state index contributed by atoms with van der Waals surface area (Å²) >= 11 is 0. The average Bonchev–Trinajstić information content (AvgIpc) is 2.55. The second-order valence-electron chi connectivity index (χ2n) is 5.36. The fourth-order valence-corrected chi connectivity index (χ4v) is 3.05. The molecule has 0 amide bonds. The van der Waals surface area contributed by atoms with Crippen molar-refractivity contribution in [2.24, 2.45) is 0 Å². The third kappa shape index (κ3) is 3.00. The fraction of sp³-hybridized carbons (Fsp3) is 0.0588. The van der Waals surface area contributed by atoms with Crippen molar-refractivity contribution in [3.63, 3.8) is 0 Å². The zero-order chi connectivity index (χ0) is 17.3. The van der Waals surface area contributed by atoms with Crippen LogP contribution in [0.1, 0.15) is 5.56 Å². The maximum atomic E-state index is 11.7. The molecule has 0 atom stereocenters. The Morgan fingerprint density at radius 3 is 2.71 bits per heavy atom. The van der Waals surface area contributed by atoms with Gasteiger partial charge in [0.25, 0.3) is 0 Å². The number of pyridine rings is 1. The van der Waals surface area contributed by atoms with Gasteiger partial charge >= 0.3 is 0 Å². The number of nitrogens with one attached hydrogen (secondary N) is 1. The van der Waals surface area contributed by atoms with Crippen molar-refractivity contribution in [3.8, 4) is 6.07 Å². The van der Waals surface area contributed by atoms with Gasteiger partial charge in [0.1, 0.15) is 6.07 Å². The number of aromatic nitrogens is 1. The first-order chi connectivity index (χ1) is 11.4. The van der Waals surface area contributed by atoms with Crippen LogP contribution < -0.4 is 11.1 Å². The number of sulfone groups is 1. The molecule has 0 saturated carbocycles. The summed E-state index contributed by atoms with van der Waals surface area (Å²) < 4.78 is 23.4. The Morgan fingerprint density at radius 2 is 2.00 bits per heavy atom. The minimum absolute atomic E-state index is 0.198. The van der Waals surface area contributed by atoms with Gasteiger partial charge in [-0.3, -0.25) is 4.98 Å². The molecule has 0 aliphatic rings. The van der Waals surface area contributed by atoms with Gasteiger partial charge in [0, 0.05) is 29.2 Å². The van der Waals surface area contributed by atoms with Gasteiger partial charge in [-0.05, 0) is 36.4 Å². The van der Waals surface area contributed by atoms with E-state index in [0.29, 0.717) is 33.5 Å². The van der Waals surface area contributed by atoms with Crippen molar-refractivity contribution in [1.29, 1.82) is 5.26 Å². The molecule has 3 rings (SSSR count). The molecule has 120 valence electrons. The fourth-order valence-electron chi connectivity index (χ4n) is 2.38. The van der Waals surface area contributed by atoms with Crippen molar-refractivity contribution in [2.75, 3.05) is 17.3 Å². The zero-order valence-electron chi connectivity index (χ0n) is 12.8. The Morgan fingerprint density at radius 1 is 1.21 bits per heavy atom. The first kappa shape index (κ1) is 15.8. The van der Waals surface area contributed by atoms with E-state index in [1.54, 1.807) is 30.3 Å². The van der Waals surface area contributed by atoms with Gasteiger partial charge in [-0.15, -0.1) is 0 Å². The highest BCUT2D eigenvalue weighted by atomic mass is 32.2. The number of nitriles is 1. The van der Waals surface area contributed by atoms with E-state index in [2.05, 4.69) is 16.4 Å². The van der Waals surface area contributed by atoms with Crippen LogP contribution in [-0.2, 0) is 9.84 Å². The Kier molecular flexibility index (Phi) is 3.83. The van der Waals surface area contributed by atoms with Crippen LogP contribution in [0.25, 0.3) is 10.9 Å². The third-order valence-corrected chi connectivity index (χ3v) is 4.65. The number of rotatable bonds is 3. The van der Waals surface area contributed by atoms with E-state index >= 15 is 0 Å². The molecule has 0 radical (unpaired) electrons. The molecule has 1 aromatic heterocycles. The van der Waals surface area contributed by atoms with Crippen LogP contribution >= 0.6 is 0 Å². The average molecular weight is 338 g/mol. The van der Waals surface area contributed by atoms with Crippen LogP contribution in [0, 0.1) is 11.3 Å². The van der Waals surface area contributed by atoms with Gasteiger partial charge < -0.3 is 11.1 Å². The molecular weight excluding hydrogens is 324 g/mol. The summed E-state index contributed by atoms with van der Waals surface area (Å²) in [5.74, 6) is 0. The molecule has 0 spiro atoms.